The molecule has 0 bridgehead atoms. The van der Waals surface area contributed by atoms with Crippen LogP contribution >= 0.6 is 0 Å². The van der Waals surface area contributed by atoms with Crippen molar-refractivity contribution in [2.75, 3.05) is 6.61 Å². The molecule has 3 unspecified atom stereocenters. The van der Waals surface area contributed by atoms with Crippen molar-refractivity contribution in [1.82, 2.24) is 0 Å². The second-order valence-electron chi connectivity index (χ2n) is 8.01. The first-order valence-corrected chi connectivity index (χ1v) is 8.52. The van der Waals surface area contributed by atoms with Crippen LogP contribution in [-0.2, 0) is 9.59 Å². The number of fused-ring (bicyclic) bond motifs is 1. The molecule has 3 atom stereocenters. The fraction of sp³-hybridized carbons (Fsp3) is 0.600. The van der Waals surface area contributed by atoms with Gasteiger partial charge in [-0.1, -0.05) is 30.7 Å². The lowest BCUT2D eigenvalue weighted by Crippen LogP contribution is -2.34. The Morgan fingerprint density at radius 2 is 2.08 bits per heavy atom. The summed E-state index contributed by atoms with van der Waals surface area (Å²) in [6.07, 6.45) is 8.28. The minimum Gasteiger partial charge on any atom is -0.392 e. The summed E-state index contributed by atoms with van der Waals surface area (Å²) in [4.78, 5) is 24.4. The van der Waals surface area contributed by atoms with E-state index in [2.05, 4.69) is 6.92 Å². The van der Waals surface area contributed by atoms with Crippen LogP contribution in [0.1, 0.15) is 47.0 Å². The Labute approximate surface area is 144 Å². The normalized spacial score (nSPS) is 31.2. The summed E-state index contributed by atoms with van der Waals surface area (Å²) in [7, 11) is 0. The molecule has 0 aliphatic heterocycles. The standard InChI is InChI=1S/C20H28O4/c1-13-10-15-17(16(13)12-22)20(4,8-5-7-19(2,3)24)9-6-14(11-21)18(15)23/h5-7,12,15,17,21,24H,8-11H2,1-4H3. The van der Waals surface area contributed by atoms with Gasteiger partial charge >= 0.3 is 0 Å². The van der Waals surface area contributed by atoms with Crippen molar-refractivity contribution < 1.29 is 19.8 Å². The second kappa shape index (κ2) is 6.77. The Hall–Kier alpha value is -1.52. The zero-order valence-corrected chi connectivity index (χ0v) is 15.0. The molecular weight excluding hydrogens is 304 g/mol. The lowest BCUT2D eigenvalue weighted by molar-refractivity contribution is -0.121. The first-order chi connectivity index (χ1) is 11.1. The van der Waals surface area contributed by atoms with Crippen molar-refractivity contribution >= 4 is 12.1 Å². The summed E-state index contributed by atoms with van der Waals surface area (Å²) < 4.78 is 0. The third-order valence-electron chi connectivity index (χ3n) is 5.38. The fourth-order valence-electron chi connectivity index (χ4n) is 4.12. The van der Waals surface area contributed by atoms with Gasteiger partial charge in [0.25, 0.3) is 0 Å². The minimum absolute atomic E-state index is 0.0334. The maximum Gasteiger partial charge on any atom is 0.164 e. The Bertz CT molecular complexity index is 618. The van der Waals surface area contributed by atoms with Gasteiger partial charge < -0.3 is 10.2 Å². The summed E-state index contributed by atoms with van der Waals surface area (Å²) in [5.41, 5.74) is 0.982. The number of Topliss-reactive ketones (excluding diaryl/α,β-unsaturated/α-hetero) is 1. The van der Waals surface area contributed by atoms with Crippen LogP contribution in [0.15, 0.2) is 34.9 Å². The molecule has 4 heteroatoms. The summed E-state index contributed by atoms with van der Waals surface area (Å²) in [6.45, 7) is 7.18. The molecule has 4 nitrogen and oxygen atoms in total. The zero-order chi connectivity index (χ0) is 18.1. The van der Waals surface area contributed by atoms with Gasteiger partial charge in [0, 0.05) is 17.4 Å². The van der Waals surface area contributed by atoms with E-state index in [1.54, 1.807) is 19.9 Å². The van der Waals surface area contributed by atoms with Gasteiger partial charge in [0.15, 0.2) is 5.78 Å². The van der Waals surface area contributed by atoms with E-state index in [1.165, 1.54) is 0 Å². The molecule has 0 radical (unpaired) electrons. The maximum absolute atomic E-state index is 12.8. The molecule has 2 rings (SSSR count). The van der Waals surface area contributed by atoms with Crippen molar-refractivity contribution in [1.29, 1.82) is 0 Å². The van der Waals surface area contributed by atoms with Crippen molar-refractivity contribution in [3.8, 4) is 0 Å². The fourth-order valence-corrected chi connectivity index (χ4v) is 4.12. The van der Waals surface area contributed by atoms with Crippen molar-refractivity contribution in [3.05, 3.63) is 34.9 Å². The van der Waals surface area contributed by atoms with Gasteiger partial charge in [0.2, 0.25) is 0 Å². The number of rotatable bonds is 5. The highest BCUT2D eigenvalue weighted by Crippen LogP contribution is 2.52. The van der Waals surface area contributed by atoms with Crippen LogP contribution in [0.3, 0.4) is 0 Å². The molecule has 2 N–H and O–H groups in total. The van der Waals surface area contributed by atoms with E-state index in [9.17, 15) is 19.8 Å². The number of allylic oxidation sites excluding steroid dienone is 4. The Balaban J connectivity index is 2.43. The molecule has 2 aliphatic carbocycles. The predicted molar refractivity (Wildman–Crippen MR) is 93.3 cm³/mol. The summed E-state index contributed by atoms with van der Waals surface area (Å²) in [5.74, 6) is -0.449. The molecule has 0 spiro atoms. The van der Waals surface area contributed by atoms with E-state index in [0.29, 0.717) is 24.8 Å². The topological polar surface area (TPSA) is 74.6 Å². The van der Waals surface area contributed by atoms with Crippen LogP contribution in [0.4, 0.5) is 0 Å². The number of hydrogen-bond acceptors (Lipinski definition) is 4. The van der Waals surface area contributed by atoms with E-state index in [0.717, 1.165) is 17.4 Å². The molecular formula is C20H28O4. The molecule has 0 aromatic carbocycles. The third kappa shape index (κ3) is 3.60. The van der Waals surface area contributed by atoms with Gasteiger partial charge in [-0.2, -0.15) is 0 Å². The molecule has 0 saturated heterocycles. The van der Waals surface area contributed by atoms with Crippen LogP contribution in [0.25, 0.3) is 0 Å². The highest BCUT2D eigenvalue weighted by atomic mass is 16.3. The molecule has 0 aromatic heterocycles. The number of carbonyl (C=O) groups is 2. The largest absolute Gasteiger partial charge is 0.392 e. The van der Waals surface area contributed by atoms with Gasteiger partial charge in [-0.15, -0.1) is 0 Å². The summed E-state index contributed by atoms with van der Waals surface area (Å²) >= 11 is 0. The molecule has 0 aromatic rings. The van der Waals surface area contributed by atoms with E-state index >= 15 is 0 Å². The Kier molecular flexibility index (Phi) is 5.31. The monoisotopic (exact) mass is 332 g/mol. The van der Waals surface area contributed by atoms with Gasteiger partial charge in [0.05, 0.1) is 12.2 Å². The molecule has 24 heavy (non-hydrogen) atoms. The van der Waals surface area contributed by atoms with Crippen molar-refractivity contribution in [2.24, 2.45) is 17.3 Å². The zero-order valence-electron chi connectivity index (χ0n) is 15.0. The lowest BCUT2D eigenvalue weighted by atomic mass is 9.66. The minimum atomic E-state index is -0.892. The first kappa shape index (κ1) is 18.8. The summed E-state index contributed by atoms with van der Waals surface area (Å²) in [6, 6.07) is 0. The van der Waals surface area contributed by atoms with Crippen LogP contribution in [0, 0.1) is 17.3 Å². The molecule has 0 amide bonds. The Morgan fingerprint density at radius 1 is 1.42 bits per heavy atom. The second-order valence-corrected chi connectivity index (χ2v) is 8.01. The van der Waals surface area contributed by atoms with Gasteiger partial charge in [-0.05, 0) is 51.0 Å². The number of hydrogen-bond donors (Lipinski definition) is 2. The van der Waals surface area contributed by atoms with E-state index in [4.69, 9.17) is 0 Å². The van der Waals surface area contributed by atoms with Crippen LogP contribution in [0.5, 0.6) is 0 Å². The van der Waals surface area contributed by atoms with Crippen LogP contribution in [0.2, 0.25) is 0 Å². The van der Waals surface area contributed by atoms with E-state index in [1.807, 2.05) is 19.1 Å². The van der Waals surface area contributed by atoms with Crippen molar-refractivity contribution in [2.45, 2.75) is 52.6 Å². The number of carbonyl (C=O) groups excluding carboxylic acids is 2. The molecule has 0 heterocycles. The smallest absolute Gasteiger partial charge is 0.164 e. The highest BCUT2D eigenvalue weighted by Gasteiger charge is 2.49. The molecule has 0 fully saturated rings. The highest BCUT2D eigenvalue weighted by molar-refractivity contribution is 6.00. The third-order valence-corrected chi connectivity index (χ3v) is 5.38. The number of aliphatic hydroxyl groups is 2. The van der Waals surface area contributed by atoms with Gasteiger partial charge in [0.1, 0.15) is 6.29 Å². The molecule has 132 valence electrons. The molecule has 0 saturated carbocycles. The lowest BCUT2D eigenvalue weighted by Gasteiger charge is -2.37. The quantitative estimate of drug-likeness (QED) is 0.600. The average molecular weight is 332 g/mol. The number of aldehydes is 1. The summed E-state index contributed by atoms with van der Waals surface area (Å²) in [5, 5.41) is 19.4. The molecule has 2 aliphatic rings. The van der Waals surface area contributed by atoms with Gasteiger partial charge in [-0.25, -0.2) is 0 Å². The Morgan fingerprint density at radius 3 is 2.62 bits per heavy atom. The van der Waals surface area contributed by atoms with E-state index in [-0.39, 0.29) is 29.6 Å². The SMILES string of the molecule is CC1=C(C=O)C2C(C1)C(=O)C(CO)=CCC2(C)CC=CC(C)(C)O. The maximum atomic E-state index is 12.8. The van der Waals surface area contributed by atoms with Crippen LogP contribution < -0.4 is 0 Å². The average Bonchev–Trinajstić information content (AvgIpc) is 2.78. The van der Waals surface area contributed by atoms with Crippen molar-refractivity contribution in [3.63, 3.8) is 0 Å². The predicted octanol–water partition coefficient (Wildman–Crippen LogP) is 2.75. The van der Waals surface area contributed by atoms with Crippen LogP contribution in [-0.4, -0.2) is 34.5 Å². The number of aliphatic hydroxyl groups excluding tert-OH is 1. The van der Waals surface area contributed by atoms with E-state index < -0.39 is 5.60 Å². The first-order valence-electron chi connectivity index (χ1n) is 8.52. The number of ketones is 1. The van der Waals surface area contributed by atoms with Gasteiger partial charge in [-0.3, -0.25) is 9.59 Å².